The van der Waals surface area contributed by atoms with Crippen molar-refractivity contribution in [1.29, 1.82) is 0 Å². The van der Waals surface area contributed by atoms with Crippen LogP contribution in [-0.4, -0.2) is 195 Å². The number of hydrogen-bond acceptors (Lipinski definition) is 17. The Kier molecular flexibility index (Phi) is 19.0. The highest BCUT2D eigenvalue weighted by molar-refractivity contribution is 8.01. The van der Waals surface area contributed by atoms with Gasteiger partial charge in [0.15, 0.2) is 18.7 Å². The number of fused-ring (bicyclic) bond motifs is 1. The second-order valence-corrected chi connectivity index (χ2v) is 25.2. The minimum Gasteiger partial charge on any atom is -0.459 e. The molecule has 5 heterocycles. The van der Waals surface area contributed by atoms with E-state index in [1.54, 1.807) is 34.6 Å². The lowest BCUT2D eigenvalue weighted by Crippen LogP contribution is -2.71. The zero-order valence-electron chi connectivity index (χ0n) is 46.2. The Labute approximate surface area is 438 Å². The number of aliphatic hydroxyl groups excluding tert-OH is 1. The number of ether oxygens (including phenoxy) is 7. The van der Waals surface area contributed by atoms with E-state index in [0.29, 0.717) is 13.0 Å². The molecule has 0 aromatic heterocycles. The van der Waals surface area contributed by atoms with Gasteiger partial charge in [0.05, 0.1) is 42.4 Å². The van der Waals surface area contributed by atoms with Crippen LogP contribution in [0.3, 0.4) is 0 Å². The van der Waals surface area contributed by atoms with E-state index in [1.807, 2.05) is 97.9 Å². The first-order valence-electron chi connectivity index (χ1n) is 26.4. The Bertz CT molecular complexity index is 2060. The summed E-state index contributed by atoms with van der Waals surface area (Å²) in [4.78, 5) is 61.5. The topological polar surface area (TPSA) is 215 Å². The minimum absolute atomic E-state index is 0.0236. The van der Waals surface area contributed by atoms with Crippen molar-refractivity contribution in [2.45, 2.75) is 228 Å². The molecule has 19 heteroatoms. The Balaban J connectivity index is 1.27. The van der Waals surface area contributed by atoms with Gasteiger partial charge in [0.25, 0.3) is 0 Å². The number of rotatable bonds is 12. The number of cyclic esters (lactones) is 1. The SMILES string of the molecule is CC[C@H]1OC(=O)[C@H](C)[C@@H](OC2C[C@@](C)(OC)[C@@H](OC(=O)C3N4C(=O)C(NC(=O)Cc5ccccc5)C4SC3(C)C)[C@H](C)O2)[C@H](C)[C@@H](O[C@H]2C[C@@H](N(C)C)C[C@@H](C)O2)[C@](C)(O)C[C@@H](C)CN(C)[C@H](C)[C@H](O)[C@@]1(C)O. The van der Waals surface area contributed by atoms with Crippen LogP contribution in [-0.2, 0) is 58.8 Å². The van der Waals surface area contributed by atoms with Gasteiger partial charge in [-0.2, -0.15) is 0 Å². The molecule has 1 aromatic rings. The molecule has 4 N–H and O–H groups in total. The summed E-state index contributed by atoms with van der Waals surface area (Å²) < 4.78 is 45.0. The van der Waals surface area contributed by atoms with Gasteiger partial charge in [0.2, 0.25) is 11.8 Å². The Morgan fingerprint density at radius 2 is 1.58 bits per heavy atom. The first kappa shape index (κ1) is 59.3. The Morgan fingerprint density at radius 1 is 0.918 bits per heavy atom. The van der Waals surface area contributed by atoms with Crippen molar-refractivity contribution in [3.05, 3.63) is 35.9 Å². The van der Waals surface area contributed by atoms with E-state index in [-0.39, 0.29) is 55.6 Å². The van der Waals surface area contributed by atoms with Gasteiger partial charge in [-0.1, -0.05) is 51.1 Å². The van der Waals surface area contributed by atoms with Crippen molar-refractivity contribution in [3.8, 4) is 0 Å². The molecule has 4 unspecified atom stereocenters. The van der Waals surface area contributed by atoms with Crippen molar-refractivity contribution in [2.75, 3.05) is 34.8 Å². The van der Waals surface area contributed by atoms with Crippen LogP contribution in [0.5, 0.6) is 0 Å². The fourth-order valence-electron chi connectivity index (χ4n) is 12.2. The highest BCUT2D eigenvalue weighted by atomic mass is 32.2. The maximum Gasteiger partial charge on any atom is 0.330 e. The molecular formula is C54H88N4O14S. The number of nitrogens with one attached hydrogen (secondary N) is 1. The van der Waals surface area contributed by atoms with Gasteiger partial charge in [-0.25, -0.2) is 4.79 Å². The average molecular weight is 1050 g/mol. The third-order valence-corrected chi connectivity index (χ3v) is 18.1. The van der Waals surface area contributed by atoms with Gasteiger partial charge >= 0.3 is 11.9 Å². The Morgan fingerprint density at radius 3 is 2.19 bits per heavy atom. The molecule has 5 aliphatic rings. The average Bonchev–Trinajstić information content (AvgIpc) is 3.57. The summed E-state index contributed by atoms with van der Waals surface area (Å²) in [5.74, 6) is -3.94. The summed E-state index contributed by atoms with van der Waals surface area (Å²) in [5.41, 5.74) is -3.77. The standard InChI is InChI=1S/C54H88N4O14S/c1-17-37-54(12,65)44(60)33(6)57(15)28-29(2)26-52(10,64)45(71-39-25-36(56(13)14)23-30(3)67-39)31(4)42(32(5)49(62)69-37)70-40-27-53(11,66-16)46(34(7)68-40)72-50(63)43-51(8,9)73-48-41(47(61)58(43)48)55-38(59)24-35-21-19-18-20-22-35/h18-22,29-34,36-37,39-46,48,60,64-65H,17,23-28H2,1-16H3,(H,55,59)/t29-,30-,31+,32-,33-,34+,36+,37-,39+,40?,41?,42+,43?,44+,45-,46+,48?,52-,53-,54+/m1/s1. The smallest absolute Gasteiger partial charge is 0.330 e. The lowest BCUT2D eigenvalue weighted by Gasteiger charge is -2.49. The van der Waals surface area contributed by atoms with Crippen LogP contribution in [0.2, 0.25) is 0 Å². The number of carbonyl (C=O) groups is 4. The lowest BCUT2D eigenvalue weighted by molar-refractivity contribution is -0.310. The summed E-state index contributed by atoms with van der Waals surface area (Å²) in [7, 11) is 7.40. The summed E-state index contributed by atoms with van der Waals surface area (Å²) >= 11 is 1.43. The van der Waals surface area contributed by atoms with Crippen LogP contribution in [0.25, 0.3) is 0 Å². The van der Waals surface area contributed by atoms with Gasteiger partial charge in [-0.3, -0.25) is 14.4 Å². The summed E-state index contributed by atoms with van der Waals surface area (Å²) in [6, 6.07) is 7.08. The number of aliphatic hydroxyl groups is 3. The highest BCUT2D eigenvalue weighted by Gasteiger charge is 2.65. The Hall–Kier alpha value is -2.95. The van der Waals surface area contributed by atoms with Crippen LogP contribution in [0.15, 0.2) is 30.3 Å². The second kappa shape index (κ2) is 23.3. The van der Waals surface area contributed by atoms with Crippen molar-refractivity contribution < 1.29 is 67.7 Å². The molecule has 2 amide bonds. The molecule has 18 nitrogen and oxygen atoms in total. The highest BCUT2D eigenvalue weighted by Crippen LogP contribution is 2.52. The first-order chi connectivity index (χ1) is 34.0. The molecule has 0 bridgehead atoms. The maximum absolute atomic E-state index is 14.6. The number of carbonyl (C=O) groups excluding carboxylic acids is 4. The van der Waals surface area contributed by atoms with Gasteiger partial charge in [-0.15, -0.1) is 11.8 Å². The van der Waals surface area contributed by atoms with Gasteiger partial charge < -0.3 is 68.5 Å². The number of benzene rings is 1. The van der Waals surface area contributed by atoms with Crippen LogP contribution >= 0.6 is 11.8 Å². The third-order valence-electron chi connectivity index (χ3n) is 16.5. The van der Waals surface area contributed by atoms with E-state index in [0.717, 1.165) is 12.0 Å². The zero-order valence-corrected chi connectivity index (χ0v) is 47.1. The molecule has 414 valence electrons. The molecule has 5 saturated heterocycles. The lowest BCUT2D eigenvalue weighted by atomic mass is 9.77. The van der Waals surface area contributed by atoms with E-state index in [4.69, 9.17) is 33.2 Å². The summed E-state index contributed by atoms with van der Waals surface area (Å²) in [5, 5.41) is 38.9. The monoisotopic (exact) mass is 1050 g/mol. The van der Waals surface area contributed by atoms with Crippen molar-refractivity contribution in [3.63, 3.8) is 0 Å². The molecule has 1 aromatic carbocycles. The molecular weight excluding hydrogens is 961 g/mol. The second-order valence-electron chi connectivity index (χ2n) is 23.4. The molecule has 0 aliphatic carbocycles. The number of methoxy groups -OCH3 is 1. The van der Waals surface area contributed by atoms with Crippen LogP contribution in [0.1, 0.15) is 121 Å². The predicted molar refractivity (Wildman–Crippen MR) is 275 cm³/mol. The number of amides is 2. The van der Waals surface area contributed by atoms with Crippen molar-refractivity contribution >= 4 is 35.5 Å². The van der Waals surface area contributed by atoms with Gasteiger partial charge in [-0.05, 0) is 114 Å². The normalized spacial score (nSPS) is 43.0. The molecule has 0 spiro atoms. The molecule has 5 fully saturated rings. The summed E-state index contributed by atoms with van der Waals surface area (Å²) in [6.45, 7) is 22.1. The van der Waals surface area contributed by atoms with E-state index in [2.05, 4.69) is 10.2 Å². The minimum atomic E-state index is -1.84. The van der Waals surface area contributed by atoms with Crippen molar-refractivity contribution in [2.24, 2.45) is 17.8 Å². The van der Waals surface area contributed by atoms with Crippen LogP contribution in [0, 0.1) is 17.8 Å². The largest absolute Gasteiger partial charge is 0.459 e. The molecule has 0 saturated carbocycles. The van der Waals surface area contributed by atoms with E-state index >= 15 is 0 Å². The number of nitrogens with zero attached hydrogens (tertiary/aromatic N) is 3. The molecule has 0 radical (unpaired) electrons. The van der Waals surface area contributed by atoms with Gasteiger partial charge in [0.1, 0.15) is 40.9 Å². The van der Waals surface area contributed by atoms with E-state index in [9.17, 15) is 34.5 Å². The van der Waals surface area contributed by atoms with Crippen molar-refractivity contribution in [1.82, 2.24) is 20.0 Å². The zero-order chi connectivity index (χ0) is 54.3. The molecule has 73 heavy (non-hydrogen) atoms. The fourth-order valence-corrected chi connectivity index (χ4v) is 13.8. The van der Waals surface area contributed by atoms with Crippen LogP contribution in [0.4, 0.5) is 0 Å². The number of esters is 2. The number of β-lactam (4-membered cyclic amide) rings is 1. The summed E-state index contributed by atoms with van der Waals surface area (Å²) in [6.07, 6.45) is -6.26. The van der Waals surface area contributed by atoms with E-state index in [1.165, 1.54) is 30.7 Å². The molecule has 20 atom stereocenters. The van der Waals surface area contributed by atoms with Gasteiger partial charge in [0, 0.05) is 49.2 Å². The quantitative estimate of drug-likeness (QED) is 0.170. The molecule has 6 rings (SSSR count). The third kappa shape index (κ3) is 12.9. The predicted octanol–water partition coefficient (Wildman–Crippen LogP) is 4.27. The number of hydrogen-bond donors (Lipinski definition) is 4. The first-order valence-corrected chi connectivity index (χ1v) is 27.2. The molecule has 5 aliphatic heterocycles. The number of thioether (sulfide) groups is 1. The fraction of sp³-hybridized carbons (Fsp3) is 0.815. The van der Waals surface area contributed by atoms with E-state index < -0.39 is 118 Å². The maximum atomic E-state index is 14.6. The number of likely N-dealkylation sites (N-methyl/N-ethyl adjacent to an activating group) is 1. The van der Waals surface area contributed by atoms with Crippen LogP contribution < -0.4 is 5.32 Å².